The van der Waals surface area contributed by atoms with Gasteiger partial charge in [-0.25, -0.2) is 14.5 Å². The Kier molecular flexibility index (Phi) is 8.41. The van der Waals surface area contributed by atoms with Gasteiger partial charge in [-0.2, -0.15) is 10.3 Å². The maximum absolute atomic E-state index is 13.1. The first-order chi connectivity index (χ1) is 22.0. The summed E-state index contributed by atoms with van der Waals surface area (Å²) < 4.78 is 72.1. The van der Waals surface area contributed by atoms with Gasteiger partial charge in [-0.1, -0.05) is 43.3 Å². The molecule has 0 spiro atoms. The third-order valence-electron chi connectivity index (χ3n) is 6.92. The van der Waals surface area contributed by atoms with E-state index < -0.39 is 21.2 Å². The highest BCUT2D eigenvalue weighted by atomic mass is 32.5. The summed E-state index contributed by atoms with van der Waals surface area (Å²) in [5.74, 6) is -0.120. The highest BCUT2D eigenvalue weighted by Crippen LogP contribution is 3.02. The molecule has 2 heterocycles. The molecule has 1 atom stereocenters. The molecule has 0 saturated carbocycles. The Labute approximate surface area is 270 Å². The monoisotopic (exact) mass is 691 g/mol. The number of aryl methyl sites for hydroxylation is 1. The minimum Gasteiger partial charge on any atom is -0.374 e. The average molecular weight is 692 g/mol. The number of nitrogens with one attached hydrogen (secondary N) is 1. The first-order valence-electron chi connectivity index (χ1n) is 13.9. The van der Waals surface area contributed by atoms with Gasteiger partial charge in [-0.05, 0) is 74.9 Å². The minimum absolute atomic E-state index is 0.0196. The zero-order valence-corrected chi connectivity index (χ0v) is 26.6. The number of ether oxygens (including phenoxy) is 1. The van der Waals surface area contributed by atoms with Gasteiger partial charge >= 0.3 is 16.3 Å². The Bertz CT molecular complexity index is 1960. The molecule has 3 amide bonds. The molecule has 3 aromatic carbocycles. The number of carbonyl (C=O) groups excluding carboxylic acids is 2. The van der Waals surface area contributed by atoms with E-state index in [9.17, 15) is 34.3 Å². The quantitative estimate of drug-likeness (QED) is 0.184. The molecule has 5 rings (SSSR count). The zero-order chi connectivity index (χ0) is 34.2. The number of anilines is 2. The van der Waals surface area contributed by atoms with Gasteiger partial charge in [0.1, 0.15) is 17.3 Å². The largest absolute Gasteiger partial charge is 0.374 e. The fourth-order valence-corrected chi connectivity index (χ4v) is 6.21. The van der Waals surface area contributed by atoms with Crippen molar-refractivity contribution in [1.82, 2.24) is 14.8 Å². The number of rotatable bonds is 8. The number of aliphatic imine (C=N–C) groups is 1. The van der Waals surface area contributed by atoms with Crippen LogP contribution in [0.3, 0.4) is 0 Å². The van der Waals surface area contributed by atoms with Gasteiger partial charge in [-0.15, -0.1) is 5.10 Å². The van der Waals surface area contributed by atoms with Crippen molar-refractivity contribution < 1.29 is 33.8 Å². The first-order valence-corrected chi connectivity index (χ1v) is 16.8. The molecule has 1 unspecified atom stereocenters. The van der Waals surface area contributed by atoms with Gasteiger partial charge in [-0.3, -0.25) is 9.69 Å². The lowest BCUT2D eigenvalue weighted by Crippen LogP contribution is -2.31. The van der Waals surface area contributed by atoms with Crippen LogP contribution < -0.4 is 10.2 Å². The highest BCUT2D eigenvalue weighted by Gasteiger charge is 2.65. The molecule has 0 bridgehead atoms. The molecule has 1 N–H and O–H groups in total. The Morgan fingerprint density at radius 3 is 2.51 bits per heavy atom. The number of amides is 3. The fourth-order valence-electron chi connectivity index (χ4n) is 4.70. The van der Waals surface area contributed by atoms with E-state index in [1.165, 1.54) is 29.4 Å². The van der Waals surface area contributed by atoms with E-state index in [2.05, 4.69) is 20.4 Å². The normalized spacial score (nSPS) is 16.4. The maximum atomic E-state index is 13.1. The van der Waals surface area contributed by atoms with E-state index in [1.54, 1.807) is 0 Å². The second kappa shape index (κ2) is 11.8. The van der Waals surface area contributed by atoms with Crippen molar-refractivity contribution >= 4 is 50.5 Å². The van der Waals surface area contributed by atoms with Gasteiger partial charge in [0.2, 0.25) is 5.91 Å². The van der Waals surface area contributed by atoms with Crippen LogP contribution in [-0.4, -0.2) is 44.2 Å². The van der Waals surface area contributed by atoms with E-state index in [-0.39, 0.29) is 57.8 Å². The number of thioether (sulfide) groups is 1. The van der Waals surface area contributed by atoms with Crippen molar-refractivity contribution in [3.05, 3.63) is 83.7 Å². The number of amidine groups is 1. The predicted octanol–water partition coefficient (Wildman–Crippen LogP) is 8.54. The number of nitriles is 1. The minimum atomic E-state index is -9.83. The average Bonchev–Trinajstić information content (AvgIpc) is 3.63. The third kappa shape index (κ3) is 7.45. The molecule has 10 nitrogen and oxygen atoms in total. The summed E-state index contributed by atoms with van der Waals surface area (Å²) in [5, 5.41) is 16.7. The molecule has 0 radical (unpaired) electrons. The van der Waals surface area contributed by atoms with Crippen LogP contribution in [-0.2, 0) is 9.53 Å². The topological polar surface area (TPSA) is 126 Å². The smallest absolute Gasteiger partial charge is 0.347 e. The number of halogens is 5. The second-order valence-electron chi connectivity index (χ2n) is 10.3. The molecule has 1 saturated heterocycles. The van der Waals surface area contributed by atoms with Crippen LogP contribution in [0.15, 0.2) is 76.9 Å². The van der Waals surface area contributed by atoms with Crippen LogP contribution >= 0.6 is 22.0 Å². The van der Waals surface area contributed by atoms with Crippen molar-refractivity contribution in [1.29, 1.82) is 5.26 Å². The molecule has 1 fully saturated rings. The lowest BCUT2D eigenvalue weighted by Gasteiger charge is -2.40. The SMILES string of the molecule is CCOC(C)c1ccc(C)cc1N1C(=O)CSC1=NC(=O)Nc1ccc(-c2ncn(-c3ccc(S(F)(F)(F)(F)F)cc3)n2)cc1C#N. The van der Waals surface area contributed by atoms with Crippen molar-refractivity contribution in [2.75, 3.05) is 22.6 Å². The molecule has 4 aromatic rings. The lowest BCUT2D eigenvalue weighted by atomic mass is 10.0. The van der Waals surface area contributed by atoms with E-state index >= 15 is 0 Å². The van der Waals surface area contributed by atoms with Gasteiger partial charge < -0.3 is 10.1 Å². The van der Waals surface area contributed by atoms with Gasteiger partial charge in [0, 0.05) is 17.7 Å². The summed E-state index contributed by atoms with van der Waals surface area (Å²) >= 11 is 1.09. The molecule has 47 heavy (non-hydrogen) atoms. The Morgan fingerprint density at radius 2 is 1.85 bits per heavy atom. The Hall–Kier alpha value is -4.79. The summed E-state index contributed by atoms with van der Waals surface area (Å²) in [6, 6.07) is 13.2. The van der Waals surface area contributed by atoms with Crippen molar-refractivity contribution in [3.8, 4) is 23.1 Å². The number of nitrogens with zero attached hydrogens (tertiary/aromatic N) is 6. The van der Waals surface area contributed by atoms with Crippen LogP contribution in [0.5, 0.6) is 0 Å². The molecule has 246 valence electrons. The molecule has 1 aromatic heterocycles. The number of hydrogen-bond acceptors (Lipinski definition) is 7. The molecular weight excluding hydrogens is 666 g/mol. The van der Waals surface area contributed by atoms with Crippen LogP contribution in [0.2, 0.25) is 0 Å². The Balaban J connectivity index is 1.36. The summed E-state index contributed by atoms with van der Waals surface area (Å²) in [6.45, 7) is 6.06. The number of hydrogen-bond donors (Lipinski definition) is 1. The van der Waals surface area contributed by atoms with Gasteiger partial charge in [0.25, 0.3) is 0 Å². The summed E-state index contributed by atoms with van der Waals surface area (Å²) in [4.78, 5) is 33.5. The summed E-state index contributed by atoms with van der Waals surface area (Å²) in [5.41, 5.74) is 2.69. The number of benzene rings is 3. The second-order valence-corrected chi connectivity index (χ2v) is 13.7. The summed E-state index contributed by atoms with van der Waals surface area (Å²) in [7, 11) is -9.83. The van der Waals surface area contributed by atoms with Gasteiger partial charge in [0.05, 0.1) is 34.5 Å². The van der Waals surface area contributed by atoms with Crippen molar-refractivity contribution in [2.24, 2.45) is 4.99 Å². The van der Waals surface area contributed by atoms with Crippen LogP contribution in [0.25, 0.3) is 17.1 Å². The zero-order valence-electron chi connectivity index (χ0n) is 25.0. The standard InChI is InChI=1S/C30H26F5N7O3S2/c1-4-45-19(3)24-11-5-18(2)13-26(24)42-27(43)16-46-30(42)39-29(44)38-25-12-6-20(14-21(25)15-36)28-37-17-41(40-28)22-7-9-23(10-8-22)47(31,32,33,34)35/h5-14,17,19H,4,16H2,1-3H3,(H,38,44). The van der Waals surface area contributed by atoms with E-state index in [4.69, 9.17) is 4.74 Å². The first kappa shape index (κ1) is 33.6. The molecule has 1 aliphatic rings. The van der Waals surface area contributed by atoms with E-state index in [1.807, 2.05) is 45.0 Å². The van der Waals surface area contributed by atoms with Crippen molar-refractivity contribution in [2.45, 2.75) is 31.8 Å². The van der Waals surface area contributed by atoms with Gasteiger partial charge in [0.15, 0.2) is 11.0 Å². The molecule has 0 aliphatic carbocycles. The summed E-state index contributed by atoms with van der Waals surface area (Å²) in [6.07, 6.45) is 0.842. The van der Waals surface area contributed by atoms with Crippen LogP contribution in [0.1, 0.15) is 36.6 Å². The molecule has 1 aliphatic heterocycles. The third-order valence-corrected chi connectivity index (χ3v) is 9.01. The lowest BCUT2D eigenvalue weighted by molar-refractivity contribution is -0.115. The molecular formula is C30H26F5N7O3S2. The highest BCUT2D eigenvalue weighted by molar-refractivity contribution is 8.45. The number of carbonyl (C=O) groups is 2. The van der Waals surface area contributed by atoms with Crippen LogP contribution in [0, 0.1) is 18.3 Å². The van der Waals surface area contributed by atoms with E-state index in [0.29, 0.717) is 17.9 Å². The van der Waals surface area contributed by atoms with Crippen molar-refractivity contribution in [3.63, 3.8) is 0 Å². The molecule has 17 heteroatoms. The number of aromatic nitrogens is 3. The predicted molar refractivity (Wildman–Crippen MR) is 171 cm³/mol. The number of urea groups is 1. The van der Waals surface area contributed by atoms with Crippen LogP contribution in [0.4, 0.5) is 35.6 Å². The van der Waals surface area contributed by atoms with E-state index in [0.717, 1.165) is 39.7 Å². The Morgan fingerprint density at radius 1 is 1.13 bits per heavy atom. The fraction of sp³-hybridized carbons (Fsp3) is 0.200. The maximum Gasteiger partial charge on any atom is 0.347 e.